The maximum absolute atomic E-state index is 13.3. The fourth-order valence-electron chi connectivity index (χ4n) is 3.42. The van der Waals surface area contributed by atoms with Gasteiger partial charge in [-0.15, -0.1) is 0 Å². The number of carbonyl (C=O) groups is 1. The third-order valence-corrected chi connectivity index (χ3v) is 4.66. The molecule has 3 aromatic rings. The van der Waals surface area contributed by atoms with E-state index in [9.17, 15) is 14.3 Å². The number of aliphatic carboxylic acids is 1. The lowest BCUT2D eigenvalue weighted by Crippen LogP contribution is -2.31. The summed E-state index contributed by atoms with van der Waals surface area (Å²) < 4.78 is 13.3. The molecule has 4 rings (SSSR count). The number of halogens is 1. The van der Waals surface area contributed by atoms with E-state index in [1.165, 1.54) is 12.1 Å². The second-order valence-corrected chi connectivity index (χ2v) is 6.34. The van der Waals surface area contributed by atoms with Crippen molar-refractivity contribution in [3.63, 3.8) is 0 Å². The van der Waals surface area contributed by atoms with Gasteiger partial charge in [0.15, 0.2) is 0 Å². The average molecular weight is 360 g/mol. The van der Waals surface area contributed by atoms with Gasteiger partial charge in [-0.1, -0.05) is 60.7 Å². The normalized spacial score (nSPS) is 19.0. The second-order valence-electron chi connectivity index (χ2n) is 6.34. The van der Waals surface area contributed by atoms with Crippen molar-refractivity contribution in [2.24, 2.45) is 11.0 Å². The Hall–Kier alpha value is -3.47. The van der Waals surface area contributed by atoms with E-state index in [1.807, 2.05) is 60.7 Å². The van der Waals surface area contributed by atoms with E-state index in [-0.39, 0.29) is 5.82 Å². The summed E-state index contributed by atoms with van der Waals surface area (Å²) in [6.45, 7) is 0. The van der Waals surface area contributed by atoms with Gasteiger partial charge in [-0.2, -0.15) is 5.10 Å². The molecule has 0 saturated carbocycles. The number of benzene rings is 3. The highest BCUT2D eigenvalue weighted by Crippen LogP contribution is 2.40. The smallest absolute Gasteiger partial charge is 0.315 e. The zero-order valence-electron chi connectivity index (χ0n) is 14.4. The van der Waals surface area contributed by atoms with E-state index in [2.05, 4.69) is 5.10 Å². The summed E-state index contributed by atoms with van der Waals surface area (Å²) in [7, 11) is 0. The summed E-state index contributed by atoms with van der Waals surface area (Å²) in [6.07, 6.45) is 0. The molecule has 2 atom stereocenters. The Morgan fingerprint density at radius 2 is 1.48 bits per heavy atom. The van der Waals surface area contributed by atoms with Gasteiger partial charge >= 0.3 is 5.97 Å². The van der Waals surface area contributed by atoms with E-state index in [1.54, 1.807) is 17.1 Å². The first-order valence-corrected chi connectivity index (χ1v) is 8.61. The molecule has 0 amide bonds. The molecule has 0 radical (unpaired) electrons. The molecule has 0 bridgehead atoms. The molecule has 2 unspecified atom stereocenters. The molecule has 0 fully saturated rings. The second kappa shape index (κ2) is 7.03. The first-order chi connectivity index (χ1) is 13.1. The molecular formula is C22H17FN2O2. The zero-order valence-corrected chi connectivity index (χ0v) is 14.4. The lowest BCUT2D eigenvalue weighted by molar-refractivity contribution is -0.139. The van der Waals surface area contributed by atoms with Gasteiger partial charge in [0.05, 0.1) is 17.4 Å². The van der Waals surface area contributed by atoms with Crippen LogP contribution in [0.2, 0.25) is 0 Å². The summed E-state index contributed by atoms with van der Waals surface area (Å²) in [4.78, 5) is 12.2. The highest BCUT2D eigenvalue weighted by Gasteiger charge is 2.44. The molecule has 0 aromatic heterocycles. The van der Waals surface area contributed by atoms with Crippen LogP contribution in [0, 0.1) is 11.7 Å². The molecule has 4 nitrogen and oxygen atoms in total. The SMILES string of the molecule is O=C(O)C1C(c2ccc(F)cc2)=NN(c2ccccc2)C1c1ccccc1. The third-order valence-electron chi connectivity index (χ3n) is 4.66. The lowest BCUT2D eigenvalue weighted by Gasteiger charge is -2.26. The zero-order chi connectivity index (χ0) is 18.8. The van der Waals surface area contributed by atoms with Gasteiger partial charge in [0.1, 0.15) is 11.7 Å². The van der Waals surface area contributed by atoms with Crippen LogP contribution < -0.4 is 5.01 Å². The van der Waals surface area contributed by atoms with Gasteiger partial charge in [-0.05, 0) is 35.4 Å². The van der Waals surface area contributed by atoms with Crippen molar-refractivity contribution in [1.82, 2.24) is 0 Å². The average Bonchev–Trinajstić information content (AvgIpc) is 3.11. The van der Waals surface area contributed by atoms with Crippen molar-refractivity contribution in [2.75, 3.05) is 5.01 Å². The standard InChI is InChI=1S/C22H17FN2O2/c23-17-13-11-15(12-14-17)20-19(22(26)27)21(16-7-3-1-4-8-16)25(24-20)18-9-5-2-6-10-18/h1-14,19,21H,(H,26,27). The van der Waals surface area contributed by atoms with Crippen LogP contribution in [-0.4, -0.2) is 16.8 Å². The summed E-state index contributed by atoms with van der Waals surface area (Å²) in [5.74, 6) is -2.22. The molecule has 134 valence electrons. The van der Waals surface area contributed by atoms with Gasteiger partial charge < -0.3 is 5.11 Å². The summed E-state index contributed by atoms with van der Waals surface area (Å²) >= 11 is 0. The number of carboxylic acid groups (broad SMARTS) is 1. The van der Waals surface area contributed by atoms with Crippen LogP contribution in [0.25, 0.3) is 0 Å². The van der Waals surface area contributed by atoms with Crippen LogP contribution in [-0.2, 0) is 4.79 Å². The van der Waals surface area contributed by atoms with Crippen molar-refractivity contribution in [3.05, 3.63) is 102 Å². The number of anilines is 1. The van der Waals surface area contributed by atoms with Crippen molar-refractivity contribution >= 4 is 17.4 Å². The molecule has 3 aromatic carbocycles. The van der Waals surface area contributed by atoms with E-state index in [0.29, 0.717) is 11.3 Å². The Balaban J connectivity index is 1.87. The van der Waals surface area contributed by atoms with Crippen molar-refractivity contribution in [2.45, 2.75) is 6.04 Å². The van der Waals surface area contributed by atoms with Crippen LogP contribution >= 0.6 is 0 Å². The van der Waals surface area contributed by atoms with Gasteiger partial charge in [0.2, 0.25) is 0 Å². The van der Waals surface area contributed by atoms with Gasteiger partial charge in [0.25, 0.3) is 0 Å². The largest absolute Gasteiger partial charge is 0.481 e. The fourth-order valence-corrected chi connectivity index (χ4v) is 3.42. The number of hydrogen-bond donors (Lipinski definition) is 1. The molecule has 0 saturated heterocycles. The minimum atomic E-state index is -0.967. The first-order valence-electron chi connectivity index (χ1n) is 8.61. The van der Waals surface area contributed by atoms with Crippen LogP contribution in [0.5, 0.6) is 0 Å². The third kappa shape index (κ3) is 3.19. The highest BCUT2D eigenvalue weighted by molar-refractivity contribution is 6.14. The van der Waals surface area contributed by atoms with Gasteiger partial charge in [-0.25, -0.2) is 4.39 Å². The van der Waals surface area contributed by atoms with Gasteiger partial charge in [-0.3, -0.25) is 9.80 Å². The monoisotopic (exact) mass is 360 g/mol. The quantitative estimate of drug-likeness (QED) is 0.746. The molecule has 0 aliphatic carbocycles. The predicted octanol–water partition coefficient (Wildman–Crippen LogP) is 4.49. The number of para-hydroxylation sites is 1. The van der Waals surface area contributed by atoms with Crippen molar-refractivity contribution in [3.8, 4) is 0 Å². The molecule has 1 aliphatic heterocycles. The van der Waals surface area contributed by atoms with Gasteiger partial charge in [0, 0.05) is 0 Å². The number of hydrogen-bond acceptors (Lipinski definition) is 3. The molecule has 27 heavy (non-hydrogen) atoms. The minimum absolute atomic E-state index is 0.372. The fraction of sp³-hybridized carbons (Fsp3) is 0.0909. The number of rotatable bonds is 4. The Morgan fingerprint density at radius 3 is 2.07 bits per heavy atom. The minimum Gasteiger partial charge on any atom is -0.481 e. The maximum Gasteiger partial charge on any atom is 0.315 e. The van der Waals surface area contributed by atoms with E-state index in [0.717, 1.165) is 11.3 Å². The van der Waals surface area contributed by atoms with Crippen LogP contribution in [0.4, 0.5) is 10.1 Å². The Bertz CT molecular complexity index is 972. The van der Waals surface area contributed by atoms with E-state index >= 15 is 0 Å². The van der Waals surface area contributed by atoms with Crippen LogP contribution in [0.15, 0.2) is 90.0 Å². The Morgan fingerprint density at radius 1 is 0.889 bits per heavy atom. The molecule has 1 aliphatic rings. The summed E-state index contributed by atoms with van der Waals surface area (Å²) in [6, 6.07) is 24.2. The lowest BCUT2D eigenvalue weighted by atomic mass is 9.87. The first kappa shape index (κ1) is 17.0. The number of hydrazone groups is 1. The summed E-state index contributed by atoms with van der Waals surface area (Å²) in [5, 5.41) is 16.4. The summed E-state index contributed by atoms with van der Waals surface area (Å²) in [5.41, 5.74) is 2.67. The number of nitrogens with zero attached hydrogens (tertiary/aromatic N) is 2. The van der Waals surface area contributed by atoms with E-state index < -0.39 is 17.9 Å². The molecule has 0 spiro atoms. The number of carboxylic acids is 1. The predicted molar refractivity (Wildman–Crippen MR) is 102 cm³/mol. The Labute approximate surface area is 156 Å². The van der Waals surface area contributed by atoms with Crippen LogP contribution in [0.1, 0.15) is 17.2 Å². The van der Waals surface area contributed by atoms with Crippen molar-refractivity contribution in [1.29, 1.82) is 0 Å². The molecule has 1 heterocycles. The molecule has 1 N–H and O–H groups in total. The molecule has 5 heteroatoms. The Kier molecular flexibility index (Phi) is 4.42. The maximum atomic E-state index is 13.3. The topological polar surface area (TPSA) is 52.9 Å². The van der Waals surface area contributed by atoms with Crippen molar-refractivity contribution < 1.29 is 14.3 Å². The van der Waals surface area contributed by atoms with Crippen LogP contribution in [0.3, 0.4) is 0 Å². The highest BCUT2D eigenvalue weighted by atomic mass is 19.1. The van der Waals surface area contributed by atoms with E-state index in [4.69, 9.17) is 0 Å². The molecular weight excluding hydrogens is 343 g/mol.